The van der Waals surface area contributed by atoms with E-state index in [1.807, 2.05) is 24.3 Å². The molecule has 1 heterocycles. The molecule has 0 radical (unpaired) electrons. The molecule has 0 aromatic heterocycles. The lowest BCUT2D eigenvalue weighted by Gasteiger charge is -2.06. The van der Waals surface area contributed by atoms with Crippen LogP contribution in [0.1, 0.15) is 6.42 Å². The molecule has 1 aliphatic heterocycles. The Morgan fingerprint density at radius 2 is 2.40 bits per heavy atom. The van der Waals surface area contributed by atoms with Gasteiger partial charge in [-0.3, -0.25) is 4.99 Å². The van der Waals surface area contributed by atoms with Gasteiger partial charge >= 0.3 is 0 Å². The van der Waals surface area contributed by atoms with Crippen LogP contribution in [-0.4, -0.2) is 25.5 Å². The van der Waals surface area contributed by atoms with Crippen molar-refractivity contribution in [1.82, 2.24) is 5.32 Å². The summed E-state index contributed by atoms with van der Waals surface area (Å²) in [5, 5.41) is 3.21. The summed E-state index contributed by atoms with van der Waals surface area (Å²) in [6, 6.07) is 7.86. The summed E-state index contributed by atoms with van der Waals surface area (Å²) in [4.78, 5) is 4.30. The quantitative estimate of drug-likeness (QED) is 0.909. The average Bonchev–Trinajstić information content (AvgIpc) is 2.71. The van der Waals surface area contributed by atoms with E-state index in [-0.39, 0.29) is 0 Å². The maximum Gasteiger partial charge on any atom is 0.120 e. The standard InChI is InChI=1S/C11H13BrN2O/c12-9-2-1-3-10(8-9)15-7-4-11-13-5-6-14-11/h1-3,8H,4-7H2,(H,13,14). The van der Waals surface area contributed by atoms with Crippen LogP contribution in [0.15, 0.2) is 33.7 Å². The highest BCUT2D eigenvalue weighted by Crippen LogP contribution is 2.17. The maximum absolute atomic E-state index is 5.60. The van der Waals surface area contributed by atoms with E-state index < -0.39 is 0 Å². The van der Waals surface area contributed by atoms with Gasteiger partial charge in [-0.1, -0.05) is 22.0 Å². The van der Waals surface area contributed by atoms with Gasteiger partial charge in [0, 0.05) is 17.4 Å². The smallest absolute Gasteiger partial charge is 0.120 e. The molecule has 1 aromatic rings. The minimum absolute atomic E-state index is 0.669. The lowest BCUT2D eigenvalue weighted by molar-refractivity contribution is 0.328. The third-order valence-electron chi connectivity index (χ3n) is 2.15. The van der Waals surface area contributed by atoms with Crippen LogP contribution in [0.25, 0.3) is 0 Å². The van der Waals surface area contributed by atoms with Gasteiger partial charge in [-0.2, -0.15) is 0 Å². The van der Waals surface area contributed by atoms with Crippen LogP contribution >= 0.6 is 15.9 Å². The minimum Gasteiger partial charge on any atom is -0.493 e. The SMILES string of the molecule is Brc1cccc(OCCC2=NCCN2)c1. The topological polar surface area (TPSA) is 33.6 Å². The average molecular weight is 269 g/mol. The molecule has 0 fully saturated rings. The summed E-state index contributed by atoms with van der Waals surface area (Å²) in [7, 11) is 0. The van der Waals surface area contributed by atoms with Crippen LogP contribution in [0.3, 0.4) is 0 Å². The summed E-state index contributed by atoms with van der Waals surface area (Å²) in [6.07, 6.45) is 0.854. The van der Waals surface area contributed by atoms with Gasteiger partial charge in [-0.15, -0.1) is 0 Å². The van der Waals surface area contributed by atoms with Crippen molar-refractivity contribution < 1.29 is 4.74 Å². The van der Waals surface area contributed by atoms with Crippen LogP contribution in [0.5, 0.6) is 5.75 Å². The van der Waals surface area contributed by atoms with E-state index in [2.05, 4.69) is 26.2 Å². The highest BCUT2D eigenvalue weighted by Gasteiger charge is 2.04. The first-order valence-electron chi connectivity index (χ1n) is 5.00. The molecule has 0 saturated heterocycles. The molecule has 1 aromatic carbocycles. The third-order valence-corrected chi connectivity index (χ3v) is 2.64. The molecule has 15 heavy (non-hydrogen) atoms. The zero-order chi connectivity index (χ0) is 10.5. The molecular formula is C11H13BrN2O. The molecule has 0 spiro atoms. The van der Waals surface area contributed by atoms with Crippen LogP contribution in [0.2, 0.25) is 0 Å². The Morgan fingerprint density at radius 3 is 3.13 bits per heavy atom. The first kappa shape index (κ1) is 10.5. The van der Waals surface area contributed by atoms with Crippen molar-refractivity contribution in [3.8, 4) is 5.75 Å². The van der Waals surface area contributed by atoms with Crippen molar-refractivity contribution in [2.45, 2.75) is 6.42 Å². The van der Waals surface area contributed by atoms with E-state index in [9.17, 15) is 0 Å². The van der Waals surface area contributed by atoms with Gasteiger partial charge in [-0.05, 0) is 18.2 Å². The molecule has 2 rings (SSSR count). The zero-order valence-corrected chi connectivity index (χ0v) is 9.96. The van der Waals surface area contributed by atoms with Crippen molar-refractivity contribution >= 4 is 21.8 Å². The van der Waals surface area contributed by atoms with Gasteiger partial charge in [-0.25, -0.2) is 0 Å². The molecule has 0 bridgehead atoms. The zero-order valence-electron chi connectivity index (χ0n) is 8.37. The second-order valence-electron chi connectivity index (χ2n) is 3.31. The highest BCUT2D eigenvalue weighted by atomic mass is 79.9. The van der Waals surface area contributed by atoms with E-state index >= 15 is 0 Å². The molecular weight excluding hydrogens is 256 g/mol. The number of nitrogens with one attached hydrogen (secondary N) is 1. The summed E-state index contributed by atoms with van der Waals surface area (Å²) < 4.78 is 6.64. The van der Waals surface area contributed by atoms with E-state index in [4.69, 9.17) is 4.74 Å². The molecule has 0 unspecified atom stereocenters. The molecule has 0 amide bonds. The van der Waals surface area contributed by atoms with Gasteiger partial charge in [0.1, 0.15) is 5.75 Å². The predicted octanol–water partition coefficient (Wildman–Crippen LogP) is 2.22. The number of amidine groups is 1. The van der Waals surface area contributed by atoms with Crippen LogP contribution in [-0.2, 0) is 0 Å². The number of rotatable bonds is 4. The Hall–Kier alpha value is -1.03. The number of hydrogen-bond acceptors (Lipinski definition) is 3. The molecule has 0 atom stereocenters. The first-order chi connectivity index (χ1) is 7.34. The fourth-order valence-electron chi connectivity index (χ4n) is 1.44. The second kappa shape index (κ2) is 5.16. The lowest BCUT2D eigenvalue weighted by atomic mass is 10.3. The summed E-state index contributed by atoms with van der Waals surface area (Å²) in [6.45, 7) is 2.53. The van der Waals surface area contributed by atoms with Crippen molar-refractivity contribution in [2.75, 3.05) is 19.7 Å². The number of aliphatic imine (C=N–C) groups is 1. The third kappa shape index (κ3) is 3.23. The summed E-state index contributed by atoms with van der Waals surface area (Å²) >= 11 is 3.40. The molecule has 1 N–H and O–H groups in total. The van der Waals surface area contributed by atoms with E-state index in [1.165, 1.54) is 0 Å². The predicted molar refractivity (Wildman–Crippen MR) is 64.6 cm³/mol. The van der Waals surface area contributed by atoms with E-state index in [0.29, 0.717) is 6.61 Å². The minimum atomic E-state index is 0.669. The number of hydrogen-bond donors (Lipinski definition) is 1. The normalized spacial score (nSPS) is 14.6. The Morgan fingerprint density at radius 1 is 1.47 bits per heavy atom. The number of halogens is 1. The Kier molecular flexibility index (Phi) is 3.61. The van der Waals surface area contributed by atoms with Crippen molar-refractivity contribution in [1.29, 1.82) is 0 Å². The molecule has 4 heteroatoms. The monoisotopic (exact) mass is 268 g/mol. The summed E-state index contributed by atoms with van der Waals surface area (Å²) in [5.41, 5.74) is 0. The largest absolute Gasteiger partial charge is 0.493 e. The number of ether oxygens (including phenoxy) is 1. The van der Waals surface area contributed by atoms with E-state index in [1.54, 1.807) is 0 Å². The van der Waals surface area contributed by atoms with Gasteiger partial charge in [0.25, 0.3) is 0 Å². The fourth-order valence-corrected chi connectivity index (χ4v) is 1.81. The van der Waals surface area contributed by atoms with Crippen molar-refractivity contribution in [3.05, 3.63) is 28.7 Å². The first-order valence-corrected chi connectivity index (χ1v) is 5.79. The van der Waals surface area contributed by atoms with Crippen molar-refractivity contribution in [3.63, 3.8) is 0 Å². The van der Waals surface area contributed by atoms with Crippen LogP contribution < -0.4 is 10.1 Å². The molecule has 1 aliphatic rings. The van der Waals surface area contributed by atoms with Crippen molar-refractivity contribution in [2.24, 2.45) is 4.99 Å². The molecule has 80 valence electrons. The maximum atomic E-state index is 5.60. The van der Waals surface area contributed by atoms with Gasteiger partial charge in [0.05, 0.1) is 19.0 Å². The lowest BCUT2D eigenvalue weighted by Crippen LogP contribution is -2.20. The Bertz CT molecular complexity index is 365. The summed E-state index contributed by atoms with van der Waals surface area (Å²) in [5.74, 6) is 1.95. The number of nitrogens with zero attached hydrogens (tertiary/aromatic N) is 1. The van der Waals surface area contributed by atoms with Gasteiger partial charge < -0.3 is 10.1 Å². The highest BCUT2D eigenvalue weighted by molar-refractivity contribution is 9.10. The second-order valence-corrected chi connectivity index (χ2v) is 4.23. The fraction of sp³-hybridized carbons (Fsp3) is 0.364. The van der Waals surface area contributed by atoms with Gasteiger partial charge in [0.2, 0.25) is 0 Å². The van der Waals surface area contributed by atoms with Crippen LogP contribution in [0, 0.1) is 0 Å². The number of benzene rings is 1. The van der Waals surface area contributed by atoms with E-state index in [0.717, 1.165) is 35.6 Å². The Labute approximate surface area is 97.7 Å². The Balaban J connectivity index is 1.78. The molecule has 0 aliphatic carbocycles. The molecule has 3 nitrogen and oxygen atoms in total. The van der Waals surface area contributed by atoms with Gasteiger partial charge in [0.15, 0.2) is 0 Å². The van der Waals surface area contributed by atoms with Crippen LogP contribution in [0.4, 0.5) is 0 Å². The molecule has 0 saturated carbocycles.